The first-order valence-electron chi connectivity index (χ1n) is 4.41. The Kier molecular flexibility index (Phi) is 4.12. The van der Waals surface area contributed by atoms with E-state index in [0.717, 1.165) is 4.47 Å². The zero-order valence-corrected chi connectivity index (χ0v) is 10.9. The Morgan fingerprint density at radius 3 is 3.06 bits per heavy atom. The topological polar surface area (TPSA) is 68.5 Å². The van der Waals surface area contributed by atoms with Crippen LogP contribution in [0.15, 0.2) is 16.7 Å². The monoisotopic (exact) mass is 307 g/mol. The van der Waals surface area contributed by atoms with Crippen LogP contribution in [0.5, 0.6) is 5.75 Å². The Bertz CT molecular complexity index is 416. The van der Waals surface area contributed by atoms with Gasteiger partial charge in [-0.05, 0) is 22.0 Å². The highest BCUT2D eigenvalue weighted by Crippen LogP contribution is 2.30. The van der Waals surface area contributed by atoms with Gasteiger partial charge >= 0.3 is 0 Å². The number of ether oxygens (including phenoxy) is 1. The number of fused-ring (bicyclic) bond motifs is 1. The number of hydrogen-bond acceptors (Lipinski definition) is 4. The maximum Gasteiger partial charge on any atom is 0.248 e. The average Bonchev–Trinajstić information content (AvgIpc) is 2.32. The normalized spacial score (nSPS) is 19.3. The minimum Gasteiger partial charge on any atom is -0.487 e. The summed E-state index contributed by atoms with van der Waals surface area (Å²) in [6, 6.07) is 1.13. The van der Waals surface area contributed by atoms with Crippen LogP contribution in [0.1, 0.15) is 0 Å². The van der Waals surface area contributed by atoms with Gasteiger partial charge in [0.1, 0.15) is 12.6 Å². The van der Waals surface area contributed by atoms with E-state index in [-0.39, 0.29) is 24.9 Å². The second-order valence-electron chi connectivity index (χ2n) is 3.29. The number of pyridine rings is 1. The molecule has 2 heterocycles. The summed E-state index contributed by atoms with van der Waals surface area (Å²) in [5, 5.41) is 0. The molecule has 5 nitrogen and oxygen atoms in total. The van der Waals surface area contributed by atoms with Crippen LogP contribution in [0, 0.1) is 0 Å². The van der Waals surface area contributed by atoms with Gasteiger partial charge in [0.25, 0.3) is 0 Å². The minimum absolute atomic E-state index is 0. The quantitative estimate of drug-likeness (QED) is 0.775. The van der Waals surface area contributed by atoms with Gasteiger partial charge in [0.15, 0.2) is 11.6 Å². The van der Waals surface area contributed by atoms with E-state index in [0.29, 0.717) is 11.6 Å². The largest absolute Gasteiger partial charge is 0.487 e. The molecule has 0 spiro atoms. The van der Waals surface area contributed by atoms with Gasteiger partial charge in [0.05, 0.1) is 0 Å². The number of amides is 1. The van der Waals surface area contributed by atoms with Crippen molar-refractivity contribution in [2.45, 2.75) is 6.04 Å². The van der Waals surface area contributed by atoms with Gasteiger partial charge < -0.3 is 10.5 Å². The Morgan fingerprint density at radius 2 is 2.38 bits per heavy atom. The molecule has 0 saturated heterocycles. The maximum atomic E-state index is 11.7. The molecular weight excluding hydrogens is 297 g/mol. The number of likely N-dealkylation sites (N-methyl/N-ethyl adjacent to an activating group) is 1. The van der Waals surface area contributed by atoms with Crippen molar-refractivity contribution in [2.75, 3.05) is 18.6 Å². The molecule has 0 radical (unpaired) electrons. The Balaban J connectivity index is 0.00000128. The van der Waals surface area contributed by atoms with E-state index in [1.165, 1.54) is 4.90 Å². The lowest BCUT2D eigenvalue weighted by Crippen LogP contribution is -2.43. The van der Waals surface area contributed by atoms with E-state index in [1.807, 2.05) is 0 Å². The van der Waals surface area contributed by atoms with E-state index < -0.39 is 6.04 Å². The number of aromatic nitrogens is 1. The van der Waals surface area contributed by atoms with Crippen LogP contribution in [-0.2, 0) is 4.79 Å². The minimum atomic E-state index is -0.636. The summed E-state index contributed by atoms with van der Waals surface area (Å²) in [6.07, 6.45) is 1.61. The van der Waals surface area contributed by atoms with Crippen molar-refractivity contribution in [2.24, 2.45) is 5.73 Å². The first-order valence-corrected chi connectivity index (χ1v) is 5.20. The van der Waals surface area contributed by atoms with Crippen LogP contribution < -0.4 is 15.4 Å². The molecule has 1 aromatic heterocycles. The summed E-state index contributed by atoms with van der Waals surface area (Å²) in [6.45, 7) is 0.175. The summed E-state index contributed by atoms with van der Waals surface area (Å²) in [5.41, 5.74) is 5.63. The van der Waals surface area contributed by atoms with Crippen molar-refractivity contribution in [3.63, 3.8) is 0 Å². The number of nitrogens with zero attached hydrogens (tertiary/aromatic N) is 2. The molecule has 0 aromatic carbocycles. The average molecular weight is 309 g/mol. The van der Waals surface area contributed by atoms with Crippen molar-refractivity contribution in [1.82, 2.24) is 4.98 Å². The van der Waals surface area contributed by atoms with Crippen molar-refractivity contribution in [3.05, 3.63) is 16.7 Å². The summed E-state index contributed by atoms with van der Waals surface area (Å²) < 4.78 is 6.21. The molecule has 0 saturated carbocycles. The Morgan fingerprint density at radius 1 is 1.69 bits per heavy atom. The highest BCUT2D eigenvalue weighted by atomic mass is 79.9. The smallest absolute Gasteiger partial charge is 0.248 e. The standard InChI is InChI=1S/C9H10BrN3O2.ClH/c1-13-8-7(2-5(10)3-12-8)15-4-6(11)9(13)14;/h2-3,6H,4,11H2,1H3;1H. The lowest BCUT2D eigenvalue weighted by atomic mass is 10.3. The van der Waals surface area contributed by atoms with Crippen LogP contribution in [0.25, 0.3) is 0 Å². The highest BCUT2D eigenvalue weighted by molar-refractivity contribution is 9.10. The SMILES string of the molecule is CN1C(=O)C(N)COc2cc(Br)cnc21.Cl. The number of hydrogen-bond donors (Lipinski definition) is 1. The van der Waals surface area contributed by atoms with E-state index in [9.17, 15) is 4.79 Å². The van der Waals surface area contributed by atoms with Crippen molar-refractivity contribution in [1.29, 1.82) is 0 Å². The maximum absolute atomic E-state index is 11.7. The molecule has 1 amide bonds. The van der Waals surface area contributed by atoms with Crippen LogP contribution in [-0.4, -0.2) is 30.6 Å². The molecule has 7 heteroatoms. The summed E-state index contributed by atoms with van der Waals surface area (Å²) in [5.74, 6) is 0.868. The molecule has 0 fully saturated rings. The molecule has 1 aliphatic rings. The zero-order valence-electron chi connectivity index (χ0n) is 8.51. The van der Waals surface area contributed by atoms with Crippen LogP contribution in [0.3, 0.4) is 0 Å². The van der Waals surface area contributed by atoms with E-state index in [1.54, 1.807) is 19.3 Å². The molecule has 1 aliphatic heterocycles. The van der Waals surface area contributed by atoms with Crippen LogP contribution >= 0.6 is 28.3 Å². The van der Waals surface area contributed by atoms with Gasteiger partial charge in [-0.1, -0.05) is 0 Å². The number of anilines is 1. The Hall–Kier alpha value is -0.850. The third-order valence-corrected chi connectivity index (χ3v) is 2.62. The van der Waals surface area contributed by atoms with Gasteiger partial charge in [-0.2, -0.15) is 0 Å². The summed E-state index contributed by atoms with van der Waals surface area (Å²) in [4.78, 5) is 17.2. The Labute approximate surface area is 108 Å². The first kappa shape index (κ1) is 13.2. The molecule has 1 atom stereocenters. The molecule has 16 heavy (non-hydrogen) atoms. The predicted octanol–water partition coefficient (Wildman–Crippen LogP) is 0.948. The molecule has 2 N–H and O–H groups in total. The fraction of sp³-hybridized carbons (Fsp3) is 0.333. The number of carbonyl (C=O) groups is 1. The van der Waals surface area contributed by atoms with Gasteiger partial charge in [0.2, 0.25) is 5.91 Å². The van der Waals surface area contributed by atoms with E-state index in [2.05, 4.69) is 20.9 Å². The van der Waals surface area contributed by atoms with E-state index >= 15 is 0 Å². The van der Waals surface area contributed by atoms with E-state index in [4.69, 9.17) is 10.5 Å². The van der Waals surface area contributed by atoms with Crippen LogP contribution in [0.2, 0.25) is 0 Å². The molecule has 1 aromatic rings. The second kappa shape index (κ2) is 4.99. The summed E-state index contributed by atoms with van der Waals surface area (Å²) >= 11 is 3.29. The third-order valence-electron chi connectivity index (χ3n) is 2.18. The lowest BCUT2D eigenvalue weighted by molar-refractivity contribution is -0.119. The zero-order chi connectivity index (χ0) is 11.0. The fourth-order valence-electron chi connectivity index (χ4n) is 1.38. The second-order valence-corrected chi connectivity index (χ2v) is 4.21. The predicted molar refractivity (Wildman–Crippen MR) is 66.1 cm³/mol. The van der Waals surface area contributed by atoms with Gasteiger partial charge in [-0.3, -0.25) is 9.69 Å². The number of nitrogens with two attached hydrogens (primary N) is 1. The van der Waals surface area contributed by atoms with Gasteiger partial charge in [0, 0.05) is 17.7 Å². The first-order chi connectivity index (χ1) is 7.09. The lowest BCUT2D eigenvalue weighted by Gasteiger charge is -2.15. The fourth-order valence-corrected chi connectivity index (χ4v) is 1.69. The van der Waals surface area contributed by atoms with Crippen molar-refractivity contribution >= 4 is 40.1 Å². The van der Waals surface area contributed by atoms with Crippen molar-refractivity contribution < 1.29 is 9.53 Å². The van der Waals surface area contributed by atoms with Gasteiger partial charge in [-0.25, -0.2) is 4.98 Å². The molecule has 2 rings (SSSR count). The van der Waals surface area contributed by atoms with Crippen LogP contribution in [0.4, 0.5) is 5.82 Å². The van der Waals surface area contributed by atoms with Gasteiger partial charge in [-0.15, -0.1) is 12.4 Å². The molecular formula is C9H11BrClN3O2. The molecule has 1 unspecified atom stereocenters. The molecule has 0 bridgehead atoms. The molecule has 88 valence electrons. The number of rotatable bonds is 0. The number of carbonyl (C=O) groups excluding carboxylic acids is 1. The van der Waals surface area contributed by atoms with Crippen molar-refractivity contribution in [3.8, 4) is 5.75 Å². The molecule has 0 aliphatic carbocycles. The number of halogens is 2. The third kappa shape index (κ3) is 2.28. The summed E-state index contributed by atoms with van der Waals surface area (Å²) in [7, 11) is 1.64. The highest BCUT2D eigenvalue weighted by Gasteiger charge is 2.27.